The predicted octanol–water partition coefficient (Wildman–Crippen LogP) is 1.85. The second kappa shape index (κ2) is 6.24. The number of anilines is 2. The molecule has 2 rings (SSSR count). The molecule has 2 aromatic heterocycles. The van der Waals surface area contributed by atoms with Gasteiger partial charge in [-0.15, -0.1) is 11.3 Å². The Bertz CT molecular complexity index is 615. The molecule has 0 aliphatic carbocycles. The van der Waals surface area contributed by atoms with Gasteiger partial charge in [-0.2, -0.15) is 4.98 Å². The SMILES string of the molecule is CNc1ncc([N+](=O)[O-])c(NCCc2nc(C)cs2)n1. The molecule has 0 saturated carbocycles. The lowest BCUT2D eigenvalue weighted by molar-refractivity contribution is -0.384. The molecule has 0 saturated heterocycles. The van der Waals surface area contributed by atoms with Crippen LogP contribution in [-0.4, -0.2) is 33.5 Å². The van der Waals surface area contributed by atoms with E-state index in [1.54, 1.807) is 18.4 Å². The molecule has 2 N–H and O–H groups in total. The smallest absolute Gasteiger partial charge is 0.329 e. The number of nitrogens with one attached hydrogen (secondary N) is 2. The number of hydrogen-bond donors (Lipinski definition) is 2. The molecule has 8 nitrogen and oxygen atoms in total. The molecule has 0 aliphatic rings. The zero-order valence-electron chi connectivity index (χ0n) is 11.1. The van der Waals surface area contributed by atoms with E-state index < -0.39 is 4.92 Å². The van der Waals surface area contributed by atoms with Crippen LogP contribution in [0.25, 0.3) is 0 Å². The second-order valence-corrected chi connectivity index (χ2v) is 4.94. The summed E-state index contributed by atoms with van der Waals surface area (Å²) < 4.78 is 0. The van der Waals surface area contributed by atoms with Crippen LogP contribution >= 0.6 is 11.3 Å². The Hall–Kier alpha value is -2.29. The number of aryl methyl sites for hydroxylation is 1. The minimum atomic E-state index is -0.505. The Kier molecular flexibility index (Phi) is 4.41. The van der Waals surface area contributed by atoms with Crippen molar-refractivity contribution in [2.75, 3.05) is 24.2 Å². The molecular weight excluding hydrogens is 280 g/mol. The summed E-state index contributed by atoms with van der Waals surface area (Å²) in [7, 11) is 1.66. The molecule has 0 fully saturated rings. The lowest BCUT2D eigenvalue weighted by Crippen LogP contribution is -2.10. The van der Waals surface area contributed by atoms with E-state index in [0.717, 1.165) is 10.7 Å². The van der Waals surface area contributed by atoms with Crippen molar-refractivity contribution >= 4 is 28.8 Å². The van der Waals surface area contributed by atoms with Gasteiger partial charge in [0.25, 0.3) is 0 Å². The highest BCUT2D eigenvalue weighted by molar-refractivity contribution is 7.09. The summed E-state index contributed by atoms with van der Waals surface area (Å²) in [5, 5.41) is 19.6. The largest absolute Gasteiger partial charge is 0.364 e. The van der Waals surface area contributed by atoms with Gasteiger partial charge in [-0.05, 0) is 6.92 Å². The lowest BCUT2D eigenvalue weighted by atomic mass is 10.4. The fourth-order valence-electron chi connectivity index (χ4n) is 1.56. The third-order valence-electron chi connectivity index (χ3n) is 2.49. The number of aromatic nitrogens is 3. The number of nitrogens with zero attached hydrogens (tertiary/aromatic N) is 4. The average molecular weight is 294 g/mol. The summed E-state index contributed by atoms with van der Waals surface area (Å²) in [5.41, 5.74) is 0.842. The first-order valence-corrected chi connectivity index (χ1v) is 6.82. The quantitative estimate of drug-likeness (QED) is 0.618. The van der Waals surface area contributed by atoms with Crippen molar-refractivity contribution in [2.45, 2.75) is 13.3 Å². The maximum atomic E-state index is 10.9. The summed E-state index contributed by atoms with van der Waals surface area (Å²) in [5.74, 6) is 0.547. The Labute approximate surface area is 119 Å². The van der Waals surface area contributed by atoms with Crippen LogP contribution in [-0.2, 0) is 6.42 Å². The first-order chi connectivity index (χ1) is 9.60. The van der Waals surface area contributed by atoms with Crippen molar-refractivity contribution in [1.29, 1.82) is 0 Å². The molecule has 106 valence electrons. The van der Waals surface area contributed by atoms with Gasteiger partial charge in [0.2, 0.25) is 11.8 Å². The van der Waals surface area contributed by atoms with Crippen molar-refractivity contribution in [3.8, 4) is 0 Å². The van der Waals surface area contributed by atoms with Crippen LogP contribution in [0.2, 0.25) is 0 Å². The van der Waals surface area contributed by atoms with E-state index >= 15 is 0 Å². The first kappa shape index (κ1) is 14.1. The third kappa shape index (κ3) is 3.38. The molecule has 0 amide bonds. The average Bonchev–Trinajstić information content (AvgIpc) is 2.84. The van der Waals surface area contributed by atoms with Crippen LogP contribution in [0.3, 0.4) is 0 Å². The minimum Gasteiger partial charge on any atom is -0.364 e. The van der Waals surface area contributed by atoms with Crippen LogP contribution in [0.15, 0.2) is 11.6 Å². The summed E-state index contributed by atoms with van der Waals surface area (Å²) in [4.78, 5) is 22.6. The van der Waals surface area contributed by atoms with Gasteiger partial charge in [0.1, 0.15) is 6.20 Å². The van der Waals surface area contributed by atoms with Crippen molar-refractivity contribution in [2.24, 2.45) is 0 Å². The Morgan fingerprint density at radius 1 is 1.45 bits per heavy atom. The van der Waals surface area contributed by atoms with Crippen molar-refractivity contribution in [3.05, 3.63) is 32.4 Å². The first-order valence-electron chi connectivity index (χ1n) is 5.94. The molecule has 0 atom stereocenters. The zero-order chi connectivity index (χ0) is 14.5. The zero-order valence-corrected chi connectivity index (χ0v) is 11.9. The van der Waals surface area contributed by atoms with E-state index in [4.69, 9.17) is 0 Å². The van der Waals surface area contributed by atoms with Crippen LogP contribution in [0.4, 0.5) is 17.5 Å². The van der Waals surface area contributed by atoms with Gasteiger partial charge in [0, 0.05) is 31.1 Å². The van der Waals surface area contributed by atoms with Crippen LogP contribution in [0.1, 0.15) is 10.7 Å². The molecular formula is C11H14N6O2S. The molecule has 9 heteroatoms. The highest BCUT2D eigenvalue weighted by atomic mass is 32.1. The summed E-state index contributed by atoms with van der Waals surface area (Å²) in [6.07, 6.45) is 1.88. The molecule has 0 spiro atoms. The second-order valence-electron chi connectivity index (χ2n) is 3.99. The minimum absolute atomic E-state index is 0.140. The summed E-state index contributed by atoms with van der Waals surface area (Å²) >= 11 is 1.57. The maximum Gasteiger partial charge on any atom is 0.329 e. The van der Waals surface area contributed by atoms with E-state index in [1.807, 2.05) is 12.3 Å². The van der Waals surface area contributed by atoms with E-state index in [2.05, 4.69) is 25.6 Å². The maximum absolute atomic E-state index is 10.9. The Morgan fingerprint density at radius 3 is 2.85 bits per heavy atom. The number of nitro groups is 1. The van der Waals surface area contributed by atoms with E-state index in [1.165, 1.54) is 6.20 Å². The van der Waals surface area contributed by atoms with Crippen molar-refractivity contribution < 1.29 is 4.92 Å². The third-order valence-corrected chi connectivity index (χ3v) is 3.51. The number of hydrogen-bond acceptors (Lipinski definition) is 8. The van der Waals surface area contributed by atoms with Crippen LogP contribution in [0.5, 0.6) is 0 Å². The van der Waals surface area contributed by atoms with Gasteiger partial charge in [-0.1, -0.05) is 0 Å². The lowest BCUT2D eigenvalue weighted by Gasteiger charge is -2.06. The van der Waals surface area contributed by atoms with Gasteiger partial charge < -0.3 is 10.6 Å². The molecule has 0 aromatic carbocycles. The number of thiazole rings is 1. The molecule has 2 aromatic rings. The van der Waals surface area contributed by atoms with Crippen LogP contribution in [0, 0.1) is 17.0 Å². The Morgan fingerprint density at radius 2 is 2.25 bits per heavy atom. The Balaban J connectivity index is 2.05. The summed E-state index contributed by atoms with van der Waals surface area (Å²) in [6.45, 7) is 2.45. The molecule has 0 unspecified atom stereocenters. The monoisotopic (exact) mass is 294 g/mol. The molecule has 0 bridgehead atoms. The topological polar surface area (TPSA) is 106 Å². The number of rotatable bonds is 6. The van der Waals surface area contributed by atoms with E-state index in [9.17, 15) is 10.1 Å². The van der Waals surface area contributed by atoms with Crippen molar-refractivity contribution in [1.82, 2.24) is 15.0 Å². The predicted molar refractivity (Wildman–Crippen MR) is 77.3 cm³/mol. The highest BCUT2D eigenvalue weighted by Crippen LogP contribution is 2.21. The van der Waals surface area contributed by atoms with Gasteiger partial charge in [-0.3, -0.25) is 10.1 Å². The highest BCUT2D eigenvalue weighted by Gasteiger charge is 2.16. The fraction of sp³-hybridized carbons (Fsp3) is 0.364. The van der Waals surface area contributed by atoms with E-state index in [-0.39, 0.29) is 11.5 Å². The van der Waals surface area contributed by atoms with Gasteiger partial charge in [-0.25, -0.2) is 9.97 Å². The molecule has 0 aliphatic heterocycles. The normalized spacial score (nSPS) is 10.3. The van der Waals surface area contributed by atoms with Gasteiger partial charge in [0.15, 0.2) is 0 Å². The fourth-order valence-corrected chi connectivity index (χ4v) is 2.34. The molecule has 0 radical (unpaired) electrons. The van der Waals surface area contributed by atoms with Crippen molar-refractivity contribution in [3.63, 3.8) is 0 Å². The van der Waals surface area contributed by atoms with Gasteiger partial charge in [0.05, 0.1) is 9.93 Å². The van der Waals surface area contributed by atoms with Gasteiger partial charge >= 0.3 is 5.69 Å². The standard InChI is InChI=1S/C11H14N6O2S/c1-7-6-20-9(15-7)3-4-13-10-8(17(18)19)5-14-11(12-2)16-10/h5-6H,3-4H2,1-2H3,(H2,12,13,14,16). The van der Waals surface area contributed by atoms with Crippen LogP contribution < -0.4 is 10.6 Å². The summed E-state index contributed by atoms with van der Waals surface area (Å²) in [6, 6.07) is 0. The molecule has 20 heavy (non-hydrogen) atoms. The molecule has 2 heterocycles. The van der Waals surface area contributed by atoms with E-state index in [0.29, 0.717) is 18.9 Å².